The maximum Gasteiger partial charge on any atom is 0.232 e. The Hall–Kier alpha value is -1.56. The van der Waals surface area contributed by atoms with Gasteiger partial charge in [0.05, 0.1) is 11.9 Å². The zero-order chi connectivity index (χ0) is 16.2. The lowest BCUT2D eigenvalue weighted by molar-refractivity contribution is -0.121. The summed E-state index contributed by atoms with van der Waals surface area (Å²) in [6.45, 7) is 2.04. The third-order valence-electron chi connectivity index (χ3n) is 4.05. The number of aryl methyl sites for hydroxylation is 1. The zero-order valence-corrected chi connectivity index (χ0v) is 14.0. The van der Waals surface area contributed by atoms with E-state index in [-0.39, 0.29) is 24.9 Å². The molecule has 0 unspecified atom stereocenters. The van der Waals surface area contributed by atoms with Crippen molar-refractivity contribution in [3.05, 3.63) is 29.8 Å². The second-order valence-corrected chi connectivity index (χ2v) is 7.83. The van der Waals surface area contributed by atoms with E-state index < -0.39 is 10.0 Å². The molecule has 2 rings (SSSR count). The molecule has 0 spiro atoms. The lowest BCUT2D eigenvalue weighted by atomic mass is 10.2. The summed E-state index contributed by atoms with van der Waals surface area (Å²) in [7, 11) is -3.41. The van der Waals surface area contributed by atoms with Crippen molar-refractivity contribution in [1.82, 2.24) is 5.32 Å². The molecule has 0 atom stereocenters. The van der Waals surface area contributed by atoms with Crippen molar-refractivity contribution in [3.8, 4) is 0 Å². The SMILES string of the molecule is Cc1ccccc1N(CCC(=O)NC1CCCC1)S(C)(=O)=O. The Kier molecular flexibility index (Phi) is 5.45. The highest BCUT2D eigenvalue weighted by Gasteiger charge is 2.21. The fourth-order valence-electron chi connectivity index (χ4n) is 2.88. The molecule has 1 aliphatic rings. The van der Waals surface area contributed by atoms with Crippen LogP contribution in [-0.4, -0.2) is 33.2 Å². The van der Waals surface area contributed by atoms with Crippen LogP contribution < -0.4 is 9.62 Å². The van der Waals surface area contributed by atoms with Gasteiger partial charge in [0.1, 0.15) is 0 Å². The molecule has 5 nitrogen and oxygen atoms in total. The van der Waals surface area contributed by atoms with Crippen molar-refractivity contribution >= 4 is 21.6 Å². The quantitative estimate of drug-likeness (QED) is 0.872. The number of carbonyl (C=O) groups excluding carboxylic acids is 1. The minimum atomic E-state index is -3.41. The smallest absolute Gasteiger partial charge is 0.232 e. The van der Waals surface area contributed by atoms with Gasteiger partial charge < -0.3 is 5.32 Å². The van der Waals surface area contributed by atoms with Crippen molar-refractivity contribution < 1.29 is 13.2 Å². The van der Waals surface area contributed by atoms with Gasteiger partial charge in [0, 0.05) is 19.0 Å². The van der Waals surface area contributed by atoms with Gasteiger partial charge in [-0.25, -0.2) is 8.42 Å². The molecule has 0 saturated heterocycles. The predicted octanol–water partition coefficient (Wildman–Crippen LogP) is 2.21. The first kappa shape index (κ1) is 16.8. The highest BCUT2D eigenvalue weighted by Crippen LogP contribution is 2.22. The fraction of sp³-hybridized carbons (Fsp3) is 0.562. The summed E-state index contributed by atoms with van der Waals surface area (Å²) < 4.78 is 25.4. The highest BCUT2D eigenvalue weighted by molar-refractivity contribution is 7.92. The van der Waals surface area contributed by atoms with E-state index in [4.69, 9.17) is 0 Å². The molecular formula is C16H24N2O3S. The molecule has 122 valence electrons. The highest BCUT2D eigenvalue weighted by atomic mass is 32.2. The third-order valence-corrected chi connectivity index (χ3v) is 5.23. The molecule has 1 amide bonds. The van der Waals surface area contributed by atoms with Crippen molar-refractivity contribution in [2.24, 2.45) is 0 Å². The Morgan fingerprint density at radius 3 is 2.50 bits per heavy atom. The van der Waals surface area contributed by atoms with Crippen LogP contribution in [0.5, 0.6) is 0 Å². The second-order valence-electron chi connectivity index (χ2n) is 5.92. The Bertz CT molecular complexity index is 622. The maximum atomic E-state index is 12.0. The van der Waals surface area contributed by atoms with E-state index in [0.717, 1.165) is 31.2 Å². The van der Waals surface area contributed by atoms with Crippen molar-refractivity contribution in [3.63, 3.8) is 0 Å². The van der Waals surface area contributed by atoms with E-state index in [1.807, 2.05) is 19.1 Å². The molecule has 1 aromatic rings. The summed E-state index contributed by atoms with van der Waals surface area (Å²) >= 11 is 0. The normalized spacial score (nSPS) is 15.7. The number of rotatable bonds is 6. The number of amides is 1. The van der Waals surface area contributed by atoms with Gasteiger partial charge in [0.25, 0.3) is 0 Å². The van der Waals surface area contributed by atoms with Gasteiger partial charge in [-0.1, -0.05) is 31.0 Å². The minimum Gasteiger partial charge on any atom is -0.353 e. The Labute approximate surface area is 132 Å². The lowest BCUT2D eigenvalue weighted by Crippen LogP contribution is -2.37. The molecule has 1 fully saturated rings. The van der Waals surface area contributed by atoms with Crippen LogP contribution in [0.15, 0.2) is 24.3 Å². The van der Waals surface area contributed by atoms with E-state index >= 15 is 0 Å². The van der Waals surface area contributed by atoms with E-state index in [9.17, 15) is 13.2 Å². The number of anilines is 1. The molecular weight excluding hydrogens is 300 g/mol. The van der Waals surface area contributed by atoms with Crippen LogP contribution in [0.3, 0.4) is 0 Å². The van der Waals surface area contributed by atoms with Crippen molar-refractivity contribution in [2.75, 3.05) is 17.1 Å². The van der Waals surface area contributed by atoms with Gasteiger partial charge in [-0.2, -0.15) is 0 Å². The van der Waals surface area contributed by atoms with E-state index in [2.05, 4.69) is 5.32 Å². The minimum absolute atomic E-state index is 0.0749. The standard InChI is InChI=1S/C16H24N2O3S/c1-13-7-3-6-10-15(13)18(22(2,20)21)12-11-16(19)17-14-8-4-5-9-14/h3,6-7,10,14H,4-5,8-9,11-12H2,1-2H3,(H,17,19). The summed E-state index contributed by atoms with van der Waals surface area (Å²) in [6.07, 6.45) is 5.72. The van der Waals surface area contributed by atoms with Gasteiger partial charge in [0.2, 0.25) is 15.9 Å². The molecule has 0 bridgehead atoms. The van der Waals surface area contributed by atoms with Crippen LogP contribution in [0.2, 0.25) is 0 Å². The molecule has 0 aliphatic heterocycles. The first-order valence-corrected chi connectivity index (χ1v) is 9.55. The van der Waals surface area contributed by atoms with Crippen molar-refractivity contribution in [2.45, 2.75) is 45.1 Å². The number of sulfonamides is 1. The third kappa shape index (κ3) is 4.47. The lowest BCUT2D eigenvalue weighted by Gasteiger charge is -2.24. The summed E-state index contributed by atoms with van der Waals surface area (Å²) in [5.74, 6) is -0.0749. The maximum absolute atomic E-state index is 12.0. The van der Waals surface area contributed by atoms with E-state index in [1.54, 1.807) is 12.1 Å². The summed E-state index contributed by atoms with van der Waals surface area (Å²) in [5, 5.41) is 2.99. The molecule has 1 aromatic carbocycles. The zero-order valence-electron chi connectivity index (χ0n) is 13.2. The van der Waals surface area contributed by atoms with Crippen LogP contribution in [0.4, 0.5) is 5.69 Å². The molecule has 1 N–H and O–H groups in total. The summed E-state index contributed by atoms with van der Waals surface area (Å²) in [6, 6.07) is 7.57. The largest absolute Gasteiger partial charge is 0.353 e. The van der Waals surface area contributed by atoms with Crippen LogP contribution in [0, 0.1) is 6.92 Å². The number of hydrogen-bond acceptors (Lipinski definition) is 3. The van der Waals surface area contributed by atoms with Crippen LogP contribution >= 0.6 is 0 Å². The van der Waals surface area contributed by atoms with Crippen LogP contribution in [-0.2, 0) is 14.8 Å². The average molecular weight is 324 g/mol. The van der Waals surface area contributed by atoms with Crippen LogP contribution in [0.25, 0.3) is 0 Å². The fourth-order valence-corrected chi connectivity index (χ4v) is 3.87. The molecule has 0 radical (unpaired) electrons. The molecule has 0 aromatic heterocycles. The molecule has 1 saturated carbocycles. The number of nitrogens with zero attached hydrogens (tertiary/aromatic N) is 1. The van der Waals surface area contributed by atoms with Gasteiger partial charge >= 0.3 is 0 Å². The predicted molar refractivity (Wildman–Crippen MR) is 88.4 cm³/mol. The van der Waals surface area contributed by atoms with Gasteiger partial charge in [-0.05, 0) is 31.4 Å². The first-order valence-electron chi connectivity index (χ1n) is 7.70. The number of nitrogens with one attached hydrogen (secondary N) is 1. The molecule has 6 heteroatoms. The first-order chi connectivity index (χ1) is 10.4. The number of carbonyl (C=O) groups is 1. The molecule has 22 heavy (non-hydrogen) atoms. The number of hydrogen-bond donors (Lipinski definition) is 1. The van der Waals surface area contributed by atoms with E-state index in [1.165, 1.54) is 10.6 Å². The molecule has 1 aliphatic carbocycles. The number of para-hydroxylation sites is 1. The van der Waals surface area contributed by atoms with E-state index in [0.29, 0.717) is 5.69 Å². The van der Waals surface area contributed by atoms with Gasteiger partial charge in [-0.3, -0.25) is 9.10 Å². The van der Waals surface area contributed by atoms with Crippen LogP contribution in [0.1, 0.15) is 37.7 Å². The Morgan fingerprint density at radius 2 is 1.91 bits per heavy atom. The topological polar surface area (TPSA) is 66.5 Å². The summed E-state index contributed by atoms with van der Waals surface area (Å²) in [4.78, 5) is 12.0. The molecule has 0 heterocycles. The number of benzene rings is 1. The Balaban J connectivity index is 2.02. The van der Waals surface area contributed by atoms with Gasteiger partial charge in [-0.15, -0.1) is 0 Å². The Morgan fingerprint density at radius 1 is 1.27 bits per heavy atom. The monoisotopic (exact) mass is 324 g/mol. The van der Waals surface area contributed by atoms with Crippen molar-refractivity contribution in [1.29, 1.82) is 0 Å². The second kappa shape index (κ2) is 7.13. The van der Waals surface area contributed by atoms with Gasteiger partial charge in [0.15, 0.2) is 0 Å². The summed E-state index contributed by atoms with van der Waals surface area (Å²) in [5.41, 5.74) is 1.52. The average Bonchev–Trinajstić information content (AvgIpc) is 2.92.